The second-order valence-corrected chi connectivity index (χ2v) is 5.92. The van der Waals surface area contributed by atoms with Gasteiger partial charge in [0.25, 0.3) is 0 Å². The number of rotatable bonds is 4. The average Bonchev–Trinajstić information content (AvgIpc) is 2.22. The SMILES string of the molecule is CCSCCC1(C#N)CCC(C)CC1. The smallest absolute Gasteiger partial charge is 0.0690 e. The molecule has 0 amide bonds. The Hall–Kier alpha value is -0.160. The van der Waals surface area contributed by atoms with Crippen molar-refractivity contribution in [3.63, 3.8) is 0 Å². The van der Waals surface area contributed by atoms with Gasteiger partial charge in [0.05, 0.1) is 11.5 Å². The van der Waals surface area contributed by atoms with Gasteiger partial charge in [-0.1, -0.05) is 13.8 Å². The van der Waals surface area contributed by atoms with Crippen LogP contribution in [0.2, 0.25) is 0 Å². The molecular weight excluding hydrogens is 190 g/mol. The Bertz CT molecular complexity index is 199. The molecule has 0 bridgehead atoms. The molecule has 0 N–H and O–H groups in total. The summed E-state index contributed by atoms with van der Waals surface area (Å²) in [6.45, 7) is 4.49. The average molecular weight is 211 g/mol. The van der Waals surface area contributed by atoms with Crippen LogP contribution < -0.4 is 0 Å². The van der Waals surface area contributed by atoms with Gasteiger partial charge in [-0.15, -0.1) is 0 Å². The third-order valence-electron chi connectivity index (χ3n) is 3.40. The molecule has 1 aliphatic rings. The van der Waals surface area contributed by atoms with Gasteiger partial charge in [0.1, 0.15) is 0 Å². The van der Waals surface area contributed by atoms with Crippen LogP contribution in [0.1, 0.15) is 46.0 Å². The van der Waals surface area contributed by atoms with Crippen molar-refractivity contribution in [2.75, 3.05) is 11.5 Å². The lowest BCUT2D eigenvalue weighted by atomic mass is 9.70. The monoisotopic (exact) mass is 211 g/mol. The minimum atomic E-state index is 0.0364. The lowest BCUT2D eigenvalue weighted by Crippen LogP contribution is -2.25. The van der Waals surface area contributed by atoms with Gasteiger partial charge in [0, 0.05) is 0 Å². The topological polar surface area (TPSA) is 23.8 Å². The van der Waals surface area contributed by atoms with Crippen molar-refractivity contribution in [1.82, 2.24) is 0 Å². The van der Waals surface area contributed by atoms with Crippen LogP contribution in [0.15, 0.2) is 0 Å². The lowest BCUT2D eigenvalue weighted by molar-refractivity contribution is 0.215. The van der Waals surface area contributed by atoms with E-state index >= 15 is 0 Å². The summed E-state index contributed by atoms with van der Waals surface area (Å²) in [4.78, 5) is 0. The summed E-state index contributed by atoms with van der Waals surface area (Å²) in [5.74, 6) is 3.19. The third kappa shape index (κ3) is 3.20. The number of hydrogen-bond donors (Lipinski definition) is 0. The Morgan fingerprint density at radius 1 is 1.43 bits per heavy atom. The molecular formula is C12H21NS. The Labute approximate surface area is 92.3 Å². The van der Waals surface area contributed by atoms with Crippen LogP contribution in [0, 0.1) is 22.7 Å². The van der Waals surface area contributed by atoms with Crippen LogP contribution in [0.5, 0.6) is 0 Å². The lowest BCUT2D eigenvalue weighted by Gasteiger charge is -2.33. The normalized spacial score (nSPS) is 32.5. The van der Waals surface area contributed by atoms with Crippen LogP contribution in [-0.2, 0) is 0 Å². The van der Waals surface area contributed by atoms with Crippen molar-refractivity contribution in [1.29, 1.82) is 5.26 Å². The fraction of sp³-hybridized carbons (Fsp3) is 0.917. The van der Waals surface area contributed by atoms with E-state index in [1.165, 1.54) is 24.3 Å². The first-order valence-corrected chi connectivity index (χ1v) is 6.87. The Kier molecular flexibility index (Phi) is 4.81. The molecule has 0 aromatic carbocycles. The molecule has 80 valence electrons. The highest BCUT2D eigenvalue weighted by Crippen LogP contribution is 2.41. The number of nitrogens with zero attached hydrogens (tertiary/aromatic N) is 1. The Morgan fingerprint density at radius 2 is 2.07 bits per heavy atom. The van der Waals surface area contributed by atoms with E-state index in [0.29, 0.717) is 0 Å². The highest BCUT2D eigenvalue weighted by Gasteiger charge is 2.33. The summed E-state index contributed by atoms with van der Waals surface area (Å²) >= 11 is 1.97. The van der Waals surface area contributed by atoms with Gasteiger partial charge in [0.2, 0.25) is 0 Å². The summed E-state index contributed by atoms with van der Waals surface area (Å²) in [5.41, 5.74) is 0.0364. The van der Waals surface area contributed by atoms with Crippen molar-refractivity contribution < 1.29 is 0 Å². The summed E-state index contributed by atoms with van der Waals surface area (Å²) in [5, 5.41) is 9.27. The van der Waals surface area contributed by atoms with E-state index in [1.807, 2.05) is 11.8 Å². The summed E-state index contributed by atoms with van der Waals surface area (Å²) in [6, 6.07) is 2.58. The molecule has 14 heavy (non-hydrogen) atoms. The van der Waals surface area contributed by atoms with E-state index in [0.717, 1.165) is 25.2 Å². The first kappa shape index (κ1) is 11.9. The predicted molar refractivity (Wildman–Crippen MR) is 63.3 cm³/mol. The maximum absolute atomic E-state index is 9.27. The largest absolute Gasteiger partial charge is 0.198 e. The number of nitriles is 1. The zero-order valence-corrected chi connectivity index (χ0v) is 10.2. The second-order valence-electron chi connectivity index (χ2n) is 4.52. The van der Waals surface area contributed by atoms with E-state index in [-0.39, 0.29) is 5.41 Å². The number of hydrogen-bond acceptors (Lipinski definition) is 2. The summed E-state index contributed by atoms with van der Waals surface area (Å²) < 4.78 is 0. The maximum atomic E-state index is 9.27. The minimum Gasteiger partial charge on any atom is -0.198 e. The Morgan fingerprint density at radius 3 is 2.57 bits per heavy atom. The van der Waals surface area contributed by atoms with Crippen molar-refractivity contribution in [3.8, 4) is 6.07 Å². The van der Waals surface area contributed by atoms with Crippen LogP contribution in [-0.4, -0.2) is 11.5 Å². The van der Waals surface area contributed by atoms with Gasteiger partial charge in [-0.25, -0.2) is 0 Å². The fourth-order valence-corrected chi connectivity index (χ4v) is 2.97. The van der Waals surface area contributed by atoms with Crippen molar-refractivity contribution >= 4 is 11.8 Å². The van der Waals surface area contributed by atoms with Gasteiger partial charge in [-0.05, 0) is 49.5 Å². The molecule has 2 heteroatoms. The maximum Gasteiger partial charge on any atom is 0.0690 e. The number of thioether (sulfide) groups is 1. The quantitative estimate of drug-likeness (QED) is 0.659. The highest BCUT2D eigenvalue weighted by atomic mass is 32.2. The molecule has 1 fully saturated rings. The van der Waals surface area contributed by atoms with Crippen LogP contribution in [0.4, 0.5) is 0 Å². The van der Waals surface area contributed by atoms with E-state index < -0.39 is 0 Å². The Balaban J connectivity index is 2.39. The molecule has 0 aliphatic heterocycles. The first-order valence-electron chi connectivity index (χ1n) is 5.71. The van der Waals surface area contributed by atoms with E-state index in [2.05, 4.69) is 19.9 Å². The van der Waals surface area contributed by atoms with Crippen LogP contribution in [0.25, 0.3) is 0 Å². The van der Waals surface area contributed by atoms with Gasteiger partial charge in [0.15, 0.2) is 0 Å². The van der Waals surface area contributed by atoms with Crippen molar-refractivity contribution in [2.45, 2.75) is 46.0 Å². The summed E-state index contributed by atoms with van der Waals surface area (Å²) in [6.07, 6.45) is 5.88. The van der Waals surface area contributed by atoms with Gasteiger partial charge in [-0.2, -0.15) is 17.0 Å². The van der Waals surface area contributed by atoms with E-state index in [9.17, 15) is 5.26 Å². The van der Waals surface area contributed by atoms with E-state index in [1.54, 1.807) is 0 Å². The van der Waals surface area contributed by atoms with Crippen molar-refractivity contribution in [2.24, 2.45) is 11.3 Å². The standard InChI is InChI=1S/C12H21NS/c1-3-14-9-8-12(10-13)6-4-11(2)5-7-12/h11H,3-9H2,1-2H3. The molecule has 0 saturated heterocycles. The van der Waals surface area contributed by atoms with Crippen LogP contribution in [0.3, 0.4) is 0 Å². The molecule has 0 unspecified atom stereocenters. The second kappa shape index (κ2) is 5.66. The fourth-order valence-electron chi connectivity index (χ4n) is 2.14. The molecule has 1 rings (SSSR count). The van der Waals surface area contributed by atoms with Gasteiger partial charge >= 0.3 is 0 Å². The first-order chi connectivity index (χ1) is 6.72. The molecule has 0 heterocycles. The minimum absolute atomic E-state index is 0.0364. The van der Waals surface area contributed by atoms with Gasteiger partial charge in [-0.3, -0.25) is 0 Å². The van der Waals surface area contributed by atoms with Gasteiger partial charge < -0.3 is 0 Å². The predicted octanol–water partition coefficient (Wildman–Crippen LogP) is 3.85. The van der Waals surface area contributed by atoms with Crippen LogP contribution >= 0.6 is 11.8 Å². The van der Waals surface area contributed by atoms with Crippen molar-refractivity contribution in [3.05, 3.63) is 0 Å². The molecule has 1 nitrogen and oxygen atoms in total. The molecule has 0 radical (unpaired) electrons. The molecule has 0 atom stereocenters. The molecule has 0 spiro atoms. The molecule has 0 aromatic heterocycles. The molecule has 1 aliphatic carbocycles. The third-order valence-corrected chi connectivity index (χ3v) is 4.30. The van der Waals surface area contributed by atoms with E-state index in [4.69, 9.17) is 0 Å². The molecule has 0 aromatic rings. The molecule has 1 saturated carbocycles. The highest BCUT2D eigenvalue weighted by molar-refractivity contribution is 7.99. The zero-order valence-electron chi connectivity index (χ0n) is 9.38. The summed E-state index contributed by atoms with van der Waals surface area (Å²) in [7, 11) is 0. The zero-order chi connectivity index (χ0) is 10.4.